The van der Waals surface area contributed by atoms with E-state index in [1.807, 2.05) is 29.2 Å². The zero-order valence-electron chi connectivity index (χ0n) is 16.2. The van der Waals surface area contributed by atoms with Gasteiger partial charge in [0.1, 0.15) is 12.1 Å². The van der Waals surface area contributed by atoms with E-state index in [2.05, 4.69) is 22.1 Å². The van der Waals surface area contributed by atoms with Gasteiger partial charge < -0.3 is 14.6 Å². The minimum absolute atomic E-state index is 0.0938. The van der Waals surface area contributed by atoms with Gasteiger partial charge in [0.05, 0.1) is 11.3 Å². The highest BCUT2D eigenvalue weighted by Gasteiger charge is 2.25. The minimum atomic E-state index is -0.952. The number of nitrogens with zero attached hydrogens (tertiary/aromatic N) is 5. The van der Waals surface area contributed by atoms with Crippen LogP contribution in [0.15, 0.2) is 29.4 Å². The molecule has 29 heavy (non-hydrogen) atoms. The van der Waals surface area contributed by atoms with Crippen LogP contribution in [0, 0.1) is 0 Å². The summed E-state index contributed by atoms with van der Waals surface area (Å²) >= 11 is 1.25. The minimum Gasteiger partial charge on any atom is -0.480 e. The van der Waals surface area contributed by atoms with Crippen LogP contribution in [0.5, 0.6) is 0 Å². The van der Waals surface area contributed by atoms with E-state index < -0.39 is 5.97 Å². The number of hydrogen-bond acceptors (Lipinski definition) is 6. The van der Waals surface area contributed by atoms with Crippen molar-refractivity contribution in [3.05, 3.63) is 24.3 Å². The van der Waals surface area contributed by atoms with E-state index in [0.717, 1.165) is 36.7 Å². The van der Waals surface area contributed by atoms with Gasteiger partial charge in [0, 0.05) is 18.0 Å². The third-order valence-corrected chi connectivity index (χ3v) is 6.21. The van der Waals surface area contributed by atoms with Crippen LogP contribution in [-0.2, 0) is 16.1 Å². The number of rotatable bonds is 6. The molecule has 8 nitrogen and oxygen atoms in total. The quantitative estimate of drug-likeness (QED) is 0.620. The average Bonchev–Trinajstić information content (AvgIpc) is 3.04. The van der Waals surface area contributed by atoms with Gasteiger partial charge in [-0.2, -0.15) is 0 Å². The number of hydrogen-bond donors (Lipinski definition) is 1. The summed E-state index contributed by atoms with van der Waals surface area (Å²) in [7, 11) is 0. The largest absolute Gasteiger partial charge is 0.480 e. The van der Waals surface area contributed by atoms with Gasteiger partial charge in [0.25, 0.3) is 0 Å². The molecule has 4 rings (SSSR count). The molecule has 1 amide bonds. The van der Waals surface area contributed by atoms with Gasteiger partial charge in [-0.1, -0.05) is 36.9 Å². The second kappa shape index (κ2) is 8.36. The van der Waals surface area contributed by atoms with E-state index in [9.17, 15) is 14.7 Å². The lowest BCUT2D eigenvalue weighted by molar-refractivity contribution is -0.137. The molecular weight excluding hydrogens is 390 g/mol. The molecule has 0 aliphatic carbocycles. The molecule has 1 unspecified atom stereocenters. The van der Waals surface area contributed by atoms with Gasteiger partial charge in [-0.25, -0.2) is 4.98 Å². The molecule has 0 radical (unpaired) electrons. The van der Waals surface area contributed by atoms with Crippen molar-refractivity contribution in [1.82, 2.24) is 24.6 Å². The van der Waals surface area contributed by atoms with E-state index in [1.165, 1.54) is 18.2 Å². The van der Waals surface area contributed by atoms with E-state index in [0.29, 0.717) is 22.4 Å². The summed E-state index contributed by atoms with van der Waals surface area (Å²) in [6.07, 6.45) is 4.25. The molecule has 0 bridgehead atoms. The van der Waals surface area contributed by atoms with E-state index in [4.69, 9.17) is 0 Å². The topological polar surface area (TPSA) is 101 Å². The Balaban J connectivity index is 1.59. The highest BCUT2D eigenvalue weighted by molar-refractivity contribution is 7.99. The zero-order valence-corrected chi connectivity index (χ0v) is 17.1. The fourth-order valence-electron chi connectivity index (χ4n) is 4.01. The number of piperidine rings is 1. The first kappa shape index (κ1) is 19.6. The number of aromatic nitrogens is 4. The predicted octanol–water partition coefficient (Wildman–Crippen LogP) is 2.95. The Kier molecular flexibility index (Phi) is 5.66. The third-order valence-electron chi connectivity index (χ3n) is 5.39. The SMILES string of the molecule is CCC1CCCCN1C(=O)CSc1nnc2c3ccccc3n(CC(=O)O)c2n1. The maximum atomic E-state index is 12.7. The van der Waals surface area contributed by atoms with Crippen LogP contribution in [-0.4, -0.2) is 60.0 Å². The summed E-state index contributed by atoms with van der Waals surface area (Å²) in [5.41, 5.74) is 1.80. The molecule has 9 heteroatoms. The summed E-state index contributed by atoms with van der Waals surface area (Å²) < 4.78 is 1.63. The smallest absolute Gasteiger partial charge is 0.323 e. The van der Waals surface area contributed by atoms with Gasteiger partial charge in [0.15, 0.2) is 5.65 Å². The number of para-hydroxylation sites is 1. The molecule has 3 heterocycles. The van der Waals surface area contributed by atoms with Crippen molar-refractivity contribution < 1.29 is 14.7 Å². The van der Waals surface area contributed by atoms with Gasteiger partial charge in [-0.05, 0) is 31.7 Å². The predicted molar refractivity (Wildman–Crippen MR) is 111 cm³/mol. The summed E-state index contributed by atoms with van der Waals surface area (Å²) in [5, 5.41) is 19.0. The number of carboxylic acids is 1. The van der Waals surface area contributed by atoms with Crippen LogP contribution >= 0.6 is 11.8 Å². The van der Waals surface area contributed by atoms with Crippen LogP contribution in [0.1, 0.15) is 32.6 Å². The average molecular weight is 414 g/mol. The molecule has 1 fully saturated rings. The number of aliphatic carboxylic acids is 1. The molecule has 152 valence electrons. The second-order valence-electron chi connectivity index (χ2n) is 7.20. The number of carbonyl (C=O) groups excluding carboxylic acids is 1. The van der Waals surface area contributed by atoms with Gasteiger partial charge in [-0.3, -0.25) is 9.59 Å². The monoisotopic (exact) mass is 413 g/mol. The third kappa shape index (κ3) is 3.91. The number of thioether (sulfide) groups is 1. The number of amides is 1. The van der Waals surface area contributed by atoms with Crippen LogP contribution < -0.4 is 0 Å². The fraction of sp³-hybridized carbons (Fsp3) is 0.450. The molecule has 3 aromatic rings. The number of likely N-dealkylation sites (tertiary alicyclic amines) is 1. The molecule has 0 spiro atoms. The van der Waals surface area contributed by atoms with Gasteiger partial charge >= 0.3 is 5.97 Å². The molecule has 1 saturated heterocycles. The van der Waals surface area contributed by atoms with Crippen LogP contribution in [0.2, 0.25) is 0 Å². The molecule has 1 aromatic carbocycles. The van der Waals surface area contributed by atoms with Crippen LogP contribution in [0.4, 0.5) is 0 Å². The van der Waals surface area contributed by atoms with Crippen molar-refractivity contribution in [3.8, 4) is 0 Å². The Morgan fingerprint density at radius 3 is 2.86 bits per heavy atom. The highest BCUT2D eigenvalue weighted by atomic mass is 32.2. The standard InChI is InChI=1S/C20H23N5O3S/c1-2-13-7-5-6-10-24(13)16(26)12-29-20-21-19-18(22-23-20)14-8-3-4-9-15(14)25(19)11-17(27)28/h3-4,8-9,13H,2,5-7,10-12H2,1H3,(H,27,28). The molecule has 1 atom stereocenters. The molecule has 1 N–H and O–H groups in total. The number of carbonyl (C=O) groups is 2. The first-order chi connectivity index (χ1) is 14.1. The van der Waals surface area contributed by atoms with Gasteiger partial charge in [-0.15, -0.1) is 10.2 Å². The number of fused-ring (bicyclic) bond motifs is 3. The first-order valence-corrected chi connectivity index (χ1v) is 10.8. The second-order valence-corrected chi connectivity index (χ2v) is 8.14. The van der Waals surface area contributed by atoms with E-state index in [1.54, 1.807) is 4.57 Å². The summed E-state index contributed by atoms with van der Waals surface area (Å²) in [4.78, 5) is 30.6. The lowest BCUT2D eigenvalue weighted by Crippen LogP contribution is -2.44. The zero-order chi connectivity index (χ0) is 20.4. The van der Waals surface area contributed by atoms with Crippen molar-refractivity contribution in [1.29, 1.82) is 0 Å². The Hall–Kier alpha value is -2.68. The molecule has 1 aliphatic heterocycles. The van der Waals surface area contributed by atoms with Crippen LogP contribution in [0.3, 0.4) is 0 Å². The fourth-order valence-corrected chi connectivity index (χ4v) is 4.68. The van der Waals surface area contributed by atoms with E-state index in [-0.39, 0.29) is 18.2 Å². The number of benzene rings is 1. The maximum absolute atomic E-state index is 12.7. The Labute approximate surface area is 172 Å². The first-order valence-electron chi connectivity index (χ1n) is 9.84. The van der Waals surface area contributed by atoms with Crippen molar-refractivity contribution in [2.24, 2.45) is 0 Å². The van der Waals surface area contributed by atoms with Crippen molar-refractivity contribution in [3.63, 3.8) is 0 Å². The van der Waals surface area contributed by atoms with E-state index >= 15 is 0 Å². The summed E-state index contributed by atoms with van der Waals surface area (Å²) in [6.45, 7) is 2.71. The lowest BCUT2D eigenvalue weighted by Gasteiger charge is -2.35. The lowest BCUT2D eigenvalue weighted by atomic mass is 10.0. The maximum Gasteiger partial charge on any atom is 0.323 e. The van der Waals surface area contributed by atoms with Crippen molar-refractivity contribution in [2.45, 2.75) is 50.4 Å². The molecule has 2 aromatic heterocycles. The van der Waals surface area contributed by atoms with Gasteiger partial charge in [0.2, 0.25) is 11.1 Å². The molecule has 0 saturated carbocycles. The highest BCUT2D eigenvalue weighted by Crippen LogP contribution is 2.27. The molecule has 1 aliphatic rings. The summed E-state index contributed by atoms with van der Waals surface area (Å²) in [5.74, 6) is -0.606. The van der Waals surface area contributed by atoms with Crippen molar-refractivity contribution in [2.75, 3.05) is 12.3 Å². The molecular formula is C20H23N5O3S. The van der Waals surface area contributed by atoms with Crippen LogP contribution in [0.25, 0.3) is 22.1 Å². The van der Waals surface area contributed by atoms with Crippen molar-refractivity contribution >= 4 is 45.7 Å². The number of carboxylic acid groups (broad SMARTS) is 1. The summed E-state index contributed by atoms with van der Waals surface area (Å²) in [6, 6.07) is 7.77. The normalized spacial score (nSPS) is 17.1. The Bertz CT molecular complexity index is 1070. The Morgan fingerprint density at radius 2 is 2.07 bits per heavy atom. The Morgan fingerprint density at radius 1 is 1.24 bits per heavy atom.